The van der Waals surface area contributed by atoms with E-state index >= 15 is 0 Å². The van der Waals surface area contributed by atoms with Crippen LogP contribution in [0.25, 0.3) is 0 Å². The van der Waals surface area contributed by atoms with Crippen molar-refractivity contribution in [2.45, 2.75) is 0 Å². The van der Waals surface area contributed by atoms with Crippen LogP contribution in [0.15, 0.2) is 66.7 Å². The fraction of sp³-hybridized carbons (Fsp3) is 0. The van der Waals surface area contributed by atoms with Crippen molar-refractivity contribution in [3.05, 3.63) is 83.8 Å². The van der Waals surface area contributed by atoms with Crippen LogP contribution in [-0.2, 0) is 0 Å². The van der Waals surface area contributed by atoms with Crippen molar-refractivity contribution in [2.75, 3.05) is 5.32 Å². The van der Waals surface area contributed by atoms with Crippen LogP contribution in [0.1, 0.15) is 16.1 Å². The number of benzene rings is 2. The SMILES string of the molecule is N#Cc1cccc(Oc2cccc(C(=O)Nc3ccc(F)cc3)n2)c1. The number of hydrogen-bond acceptors (Lipinski definition) is 4. The number of anilines is 1. The molecule has 0 bridgehead atoms. The van der Waals surface area contributed by atoms with E-state index in [1.54, 1.807) is 36.4 Å². The highest BCUT2D eigenvalue weighted by Crippen LogP contribution is 2.21. The van der Waals surface area contributed by atoms with Gasteiger partial charge >= 0.3 is 0 Å². The smallest absolute Gasteiger partial charge is 0.274 e. The number of nitrogens with zero attached hydrogens (tertiary/aromatic N) is 2. The molecule has 5 nitrogen and oxygen atoms in total. The first-order chi connectivity index (χ1) is 12.1. The number of halogens is 1. The Labute approximate surface area is 143 Å². The predicted molar refractivity (Wildman–Crippen MR) is 89.8 cm³/mol. The number of ether oxygens (including phenoxy) is 1. The number of hydrogen-bond donors (Lipinski definition) is 1. The van der Waals surface area contributed by atoms with Crippen molar-refractivity contribution < 1.29 is 13.9 Å². The van der Waals surface area contributed by atoms with E-state index < -0.39 is 5.91 Å². The summed E-state index contributed by atoms with van der Waals surface area (Å²) in [6.45, 7) is 0. The van der Waals surface area contributed by atoms with Crippen LogP contribution in [0.5, 0.6) is 11.6 Å². The summed E-state index contributed by atoms with van der Waals surface area (Å²) in [6.07, 6.45) is 0. The maximum Gasteiger partial charge on any atom is 0.274 e. The summed E-state index contributed by atoms with van der Waals surface area (Å²) in [7, 11) is 0. The second kappa shape index (κ2) is 7.23. The summed E-state index contributed by atoms with van der Waals surface area (Å²) in [5.41, 5.74) is 1.07. The molecule has 1 aromatic heterocycles. The fourth-order valence-electron chi connectivity index (χ4n) is 2.08. The maximum atomic E-state index is 12.9. The summed E-state index contributed by atoms with van der Waals surface area (Å²) in [6, 6.07) is 18.8. The number of nitrogens with one attached hydrogen (secondary N) is 1. The van der Waals surface area contributed by atoms with Gasteiger partial charge in [-0.2, -0.15) is 5.26 Å². The Morgan fingerprint density at radius 1 is 1.08 bits per heavy atom. The molecule has 0 radical (unpaired) electrons. The number of aromatic nitrogens is 1. The van der Waals surface area contributed by atoms with Gasteiger partial charge in [-0.25, -0.2) is 9.37 Å². The summed E-state index contributed by atoms with van der Waals surface area (Å²) in [5, 5.41) is 11.5. The third-order valence-electron chi connectivity index (χ3n) is 3.24. The summed E-state index contributed by atoms with van der Waals surface area (Å²) >= 11 is 0. The van der Waals surface area contributed by atoms with E-state index in [4.69, 9.17) is 10.00 Å². The Balaban J connectivity index is 1.75. The van der Waals surface area contributed by atoms with Gasteiger partial charge in [0.05, 0.1) is 11.6 Å². The van der Waals surface area contributed by atoms with Crippen molar-refractivity contribution in [3.8, 4) is 17.7 Å². The molecule has 3 aromatic rings. The third kappa shape index (κ3) is 4.18. The lowest BCUT2D eigenvalue weighted by molar-refractivity contribution is 0.102. The topological polar surface area (TPSA) is 75.0 Å². The monoisotopic (exact) mass is 333 g/mol. The average molecular weight is 333 g/mol. The number of carbonyl (C=O) groups is 1. The van der Waals surface area contributed by atoms with Crippen LogP contribution in [-0.4, -0.2) is 10.9 Å². The lowest BCUT2D eigenvalue weighted by atomic mass is 10.2. The van der Waals surface area contributed by atoms with E-state index in [0.29, 0.717) is 17.0 Å². The molecule has 1 heterocycles. The highest BCUT2D eigenvalue weighted by atomic mass is 19.1. The molecular weight excluding hydrogens is 321 g/mol. The first-order valence-corrected chi connectivity index (χ1v) is 7.36. The Hall–Kier alpha value is -3.72. The summed E-state index contributed by atoms with van der Waals surface area (Å²) < 4.78 is 18.5. The van der Waals surface area contributed by atoms with Crippen molar-refractivity contribution in [1.82, 2.24) is 4.98 Å². The first-order valence-electron chi connectivity index (χ1n) is 7.36. The van der Waals surface area contributed by atoms with Crippen LogP contribution < -0.4 is 10.1 Å². The van der Waals surface area contributed by atoms with Crippen molar-refractivity contribution in [2.24, 2.45) is 0 Å². The van der Waals surface area contributed by atoms with Gasteiger partial charge in [0.2, 0.25) is 5.88 Å². The standard InChI is InChI=1S/C19H12FN3O2/c20-14-7-9-15(10-8-14)22-19(24)17-5-2-6-18(23-17)25-16-4-1-3-13(11-16)12-21/h1-11H,(H,22,24). The Morgan fingerprint density at radius 3 is 2.60 bits per heavy atom. The number of carbonyl (C=O) groups excluding carboxylic acids is 1. The Bertz CT molecular complexity index is 949. The van der Waals surface area contributed by atoms with E-state index in [1.165, 1.54) is 30.3 Å². The van der Waals surface area contributed by atoms with Gasteiger partial charge in [0.25, 0.3) is 5.91 Å². The quantitative estimate of drug-likeness (QED) is 0.779. The van der Waals surface area contributed by atoms with Crippen LogP contribution in [0, 0.1) is 17.1 Å². The van der Waals surface area contributed by atoms with Gasteiger partial charge in [-0.3, -0.25) is 4.79 Å². The highest BCUT2D eigenvalue weighted by Gasteiger charge is 2.10. The van der Waals surface area contributed by atoms with E-state index in [2.05, 4.69) is 10.3 Å². The van der Waals surface area contributed by atoms with Crippen molar-refractivity contribution >= 4 is 11.6 Å². The number of rotatable bonds is 4. The van der Waals surface area contributed by atoms with Gasteiger partial charge < -0.3 is 10.1 Å². The average Bonchev–Trinajstić information content (AvgIpc) is 2.64. The lowest BCUT2D eigenvalue weighted by Crippen LogP contribution is -2.13. The second-order valence-corrected chi connectivity index (χ2v) is 5.06. The van der Waals surface area contributed by atoms with Gasteiger partial charge in [-0.1, -0.05) is 12.1 Å². The molecule has 0 aliphatic rings. The predicted octanol–water partition coefficient (Wildman–Crippen LogP) is 4.14. The number of nitriles is 1. The van der Waals surface area contributed by atoms with Gasteiger partial charge in [-0.15, -0.1) is 0 Å². The molecule has 1 amide bonds. The number of amides is 1. The van der Waals surface area contributed by atoms with Gasteiger partial charge in [-0.05, 0) is 48.5 Å². The molecule has 0 aliphatic carbocycles. The fourth-order valence-corrected chi connectivity index (χ4v) is 2.08. The molecule has 0 spiro atoms. The lowest BCUT2D eigenvalue weighted by Gasteiger charge is -2.08. The summed E-state index contributed by atoms with van der Waals surface area (Å²) in [5.74, 6) is -0.154. The van der Waals surface area contributed by atoms with Crippen molar-refractivity contribution in [1.29, 1.82) is 5.26 Å². The van der Waals surface area contributed by atoms with E-state index in [9.17, 15) is 9.18 Å². The highest BCUT2D eigenvalue weighted by molar-refractivity contribution is 6.02. The molecule has 1 N–H and O–H groups in total. The largest absolute Gasteiger partial charge is 0.439 e. The molecule has 6 heteroatoms. The van der Waals surface area contributed by atoms with Gasteiger partial charge in [0.15, 0.2) is 0 Å². The molecule has 0 aliphatic heterocycles. The second-order valence-electron chi connectivity index (χ2n) is 5.06. The minimum Gasteiger partial charge on any atom is -0.439 e. The summed E-state index contributed by atoms with van der Waals surface area (Å²) in [4.78, 5) is 16.4. The van der Waals surface area contributed by atoms with E-state index in [-0.39, 0.29) is 17.4 Å². The third-order valence-corrected chi connectivity index (χ3v) is 3.24. The van der Waals surface area contributed by atoms with Crippen LogP contribution in [0.4, 0.5) is 10.1 Å². The van der Waals surface area contributed by atoms with E-state index in [0.717, 1.165) is 0 Å². The minimum atomic E-state index is -0.442. The zero-order chi connectivity index (χ0) is 17.6. The van der Waals surface area contributed by atoms with Crippen LogP contribution in [0.3, 0.4) is 0 Å². The molecule has 2 aromatic carbocycles. The molecule has 0 saturated heterocycles. The van der Waals surface area contributed by atoms with Crippen LogP contribution >= 0.6 is 0 Å². The Kier molecular flexibility index (Phi) is 4.67. The Morgan fingerprint density at radius 2 is 1.84 bits per heavy atom. The molecule has 3 rings (SSSR count). The zero-order valence-electron chi connectivity index (χ0n) is 12.9. The maximum absolute atomic E-state index is 12.9. The molecule has 0 unspecified atom stereocenters. The minimum absolute atomic E-state index is 0.151. The van der Waals surface area contributed by atoms with Crippen LogP contribution in [0.2, 0.25) is 0 Å². The molecular formula is C19H12FN3O2. The molecule has 0 atom stereocenters. The zero-order valence-corrected chi connectivity index (χ0v) is 12.9. The molecule has 25 heavy (non-hydrogen) atoms. The first kappa shape index (κ1) is 16.1. The molecule has 0 fully saturated rings. The van der Waals surface area contributed by atoms with Crippen molar-refractivity contribution in [3.63, 3.8) is 0 Å². The molecule has 0 saturated carbocycles. The van der Waals surface area contributed by atoms with Gasteiger partial charge in [0, 0.05) is 11.8 Å². The van der Waals surface area contributed by atoms with E-state index in [1.807, 2.05) is 6.07 Å². The molecule has 122 valence electrons. The number of pyridine rings is 1. The van der Waals surface area contributed by atoms with Gasteiger partial charge in [0.1, 0.15) is 17.3 Å². The normalized spacial score (nSPS) is 9.92.